The number of pyridine rings is 2. The molecule has 0 atom stereocenters. The fourth-order valence-corrected chi connectivity index (χ4v) is 7.01. The Balaban J connectivity index is 1.54. The van der Waals surface area contributed by atoms with E-state index in [0.717, 1.165) is 71.7 Å². The van der Waals surface area contributed by atoms with Crippen molar-refractivity contribution in [1.82, 2.24) is 34.3 Å². The average Bonchev–Trinajstić information content (AvgIpc) is 3.94. The lowest BCUT2D eigenvalue weighted by atomic mass is 9.87. The predicted molar refractivity (Wildman–Crippen MR) is 175 cm³/mol. The summed E-state index contributed by atoms with van der Waals surface area (Å²) in [5.41, 5.74) is 7.72. The number of oxazole rings is 2. The van der Waals surface area contributed by atoms with Crippen LogP contribution in [0, 0.1) is 0 Å². The molecule has 11 heteroatoms. The van der Waals surface area contributed by atoms with Gasteiger partial charge in [-0.1, -0.05) is 24.3 Å². The van der Waals surface area contributed by atoms with Crippen molar-refractivity contribution in [3.63, 3.8) is 0 Å². The molecule has 0 radical (unpaired) electrons. The van der Waals surface area contributed by atoms with Crippen LogP contribution in [0.2, 0.25) is 0 Å². The second-order valence-corrected chi connectivity index (χ2v) is 11.7. The van der Waals surface area contributed by atoms with Crippen LogP contribution in [-0.2, 0) is 0 Å². The summed E-state index contributed by atoms with van der Waals surface area (Å²) < 4.78 is 16.8. The SMILES string of the molecule is c1c[nH]c(-c2nc(-c3ccc4ccccc4n3)c3cc(-c4ncco4)c(-c4nccs4)c(-c4ncco4)c3c2-c2ccsn2)c1. The third-order valence-electron chi connectivity index (χ3n) is 7.64. The van der Waals surface area contributed by atoms with E-state index >= 15 is 0 Å². The van der Waals surface area contributed by atoms with Gasteiger partial charge in [0.1, 0.15) is 17.5 Å². The van der Waals surface area contributed by atoms with Crippen LogP contribution in [0.25, 0.3) is 89.2 Å². The lowest BCUT2D eigenvalue weighted by molar-refractivity contribution is 0.573. The van der Waals surface area contributed by atoms with E-state index in [9.17, 15) is 0 Å². The number of fused-ring (bicyclic) bond motifs is 2. The van der Waals surface area contributed by atoms with Gasteiger partial charge in [0.05, 0.1) is 51.9 Å². The third kappa shape index (κ3) is 4.20. The highest BCUT2D eigenvalue weighted by atomic mass is 32.1. The highest BCUT2D eigenvalue weighted by molar-refractivity contribution is 7.13. The van der Waals surface area contributed by atoms with Crippen LogP contribution in [0.5, 0.6) is 0 Å². The number of rotatable bonds is 6. The molecule has 214 valence electrons. The fraction of sp³-hybridized carbons (Fsp3) is 0. The van der Waals surface area contributed by atoms with Gasteiger partial charge in [-0.15, -0.1) is 11.3 Å². The summed E-state index contributed by atoms with van der Waals surface area (Å²) in [6, 6.07) is 20.2. The van der Waals surface area contributed by atoms with Gasteiger partial charge in [0.15, 0.2) is 0 Å². The molecular weight excluding hydrogens is 603 g/mol. The van der Waals surface area contributed by atoms with Crippen molar-refractivity contribution >= 4 is 44.5 Å². The molecule has 1 N–H and O–H groups in total. The largest absolute Gasteiger partial charge is 0.445 e. The van der Waals surface area contributed by atoms with E-state index in [1.807, 2.05) is 59.4 Å². The molecule has 9 nitrogen and oxygen atoms in total. The van der Waals surface area contributed by atoms with Gasteiger partial charge in [0.25, 0.3) is 0 Å². The molecule has 0 bridgehead atoms. The third-order valence-corrected chi connectivity index (χ3v) is 8.99. The molecule has 0 spiro atoms. The predicted octanol–water partition coefficient (Wildman–Crippen LogP) is 9.00. The molecule has 9 aromatic rings. The Bertz CT molecular complexity index is 2420. The Morgan fingerprint density at radius 1 is 0.689 bits per heavy atom. The number of nitrogens with zero attached hydrogens (tertiary/aromatic N) is 6. The van der Waals surface area contributed by atoms with Crippen molar-refractivity contribution in [3.05, 3.63) is 109 Å². The molecular formula is C34H19N7O2S2. The molecule has 9 rings (SSSR count). The average molecular weight is 622 g/mol. The molecule has 0 aliphatic rings. The van der Waals surface area contributed by atoms with Crippen LogP contribution in [0.1, 0.15) is 0 Å². The van der Waals surface area contributed by atoms with E-state index in [1.54, 1.807) is 31.1 Å². The quantitative estimate of drug-likeness (QED) is 0.195. The number of benzene rings is 2. The van der Waals surface area contributed by atoms with Gasteiger partial charge in [-0.05, 0) is 47.9 Å². The Morgan fingerprint density at radius 3 is 2.33 bits per heavy atom. The minimum atomic E-state index is 0.427. The standard InChI is InChI=1S/C34H19N7O2S2/c1-2-5-22-19(4-1)7-8-25(39-22)30-20-18-21(32-36-11-14-42-32)27(34-38-13-17-44-34)29(33-37-12-15-43-33)26(20)28(23-9-16-45-41-23)31(40-30)24-6-3-10-35-24/h1-18,35H. The van der Waals surface area contributed by atoms with Crippen molar-refractivity contribution in [2.24, 2.45) is 0 Å². The maximum absolute atomic E-state index is 6.10. The van der Waals surface area contributed by atoms with Gasteiger partial charge < -0.3 is 13.8 Å². The first-order valence-electron chi connectivity index (χ1n) is 14.0. The van der Waals surface area contributed by atoms with E-state index in [2.05, 4.69) is 33.2 Å². The normalized spacial score (nSPS) is 11.6. The molecule has 0 saturated carbocycles. The first-order valence-corrected chi connectivity index (χ1v) is 15.7. The maximum Gasteiger partial charge on any atom is 0.227 e. The summed E-state index contributed by atoms with van der Waals surface area (Å²) in [6.07, 6.45) is 10.1. The molecule has 0 aliphatic carbocycles. The Labute approximate surface area is 263 Å². The number of aromatic amines is 1. The van der Waals surface area contributed by atoms with Gasteiger partial charge in [0, 0.05) is 56.0 Å². The Hall–Kier alpha value is -5.78. The molecule has 7 aromatic heterocycles. The molecule has 45 heavy (non-hydrogen) atoms. The Morgan fingerprint density at radius 2 is 1.58 bits per heavy atom. The molecule has 0 aliphatic heterocycles. The van der Waals surface area contributed by atoms with Crippen molar-refractivity contribution < 1.29 is 8.83 Å². The van der Waals surface area contributed by atoms with E-state index in [-0.39, 0.29) is 0 Å². The zero-order valence-electron chi connectivity index (χ0n) is 23.2. The second-order valence-electron chi connectivity index (χ2n) is 10.2. The van der Waals surface area contributed by atoms with Gasteiger partial charge in [-0.25, -0.2) is 24.9 Å². The van der Waals surface area contributed by atoms with Crippen molar-refractivity contribution in [3.8, 4) is 67.5 Å². The maximum atomic E-state index is 6.10. The van der Waals surface area contributed by atoms with Gasteiger partial charge in [0.2, 0.25) is 11.8 Å². The molecule has 7 heterocycles. The second kappa shape index (κ2) is 10.4. The highest BCUT2D eigenvalue weighted by Crippen LogP contribution is 2.51. The number of para-hydroxylation sites is 1. The summed E-state index contributed by atoms with van der Waals surface area (Å²) in [5.74, 6) is 0.868. The van der Waals surface area contributed by atoms with Crippen molar-refractivity contribution in [2.75, 3.05) is 0 Å². The van der Waals surface area contributed by atoms with Crippen molar-refractivity contribution in [1.29, 1.82) is 0 Å². The van der Waals surface area contributed by atoms with E-state index in [0.29, 0.717) is 17.5 Å². The van der Waals surface area contributed by atoms with Crippen LogP contribution in [-0.4, -0.2) is 34.3 Å². The van der Waals surface area contributed by atoms with Gasteiger partial charge in [-0.3, -0.25) is 0 Å². The van der Waals surface area contributed by atoms with E-state index in [1.165, 1.54) is 22.9 Å². The molecule has 0 fully saturated rings. The first kappa shape index (κ1) is 25.7. The highest BCUT2D eigenvalue weighted by Gasteiger charge is 2.30. The zero-order valence-corrected chi connectivity index (χ0v) is 24.8. The van der Waals surface area contributed by atoms with Crippen LogP contribution >= 0.6 is 22.9 Å². The van der Waals surface area contributed by atoms with Crippen LogP contribution in [0.4, 0.5) is 0 Å². The van der Waals surface area contributed by atoms with Gasteiger partial charge in [-0.2, -0.15) is 4.37 Å². The molecule has 0 saturated heterocycles. The lowest BCUT2D eigenvalue weighted by Crippen LogP contribution is -2.02. The summed E-state index contributed by atoms with van der Waals surface area (Å²) in [4.78, 5) is 27.8. The summed E-state index contributed by atoms with van der Waals surface area (Å²) in [5, 5.41) is 7.39. The number of aromatic nitrogens is 7. The molecule has 0 amide bonds. The fourth-order valence-electron chi connectivity index (χ4n) is 5.79. The van der Waals surface area contributed by atoms with Crippen molar-refractivity contribution in [2.45, 2.75) is 0 Å². The number of hydrogen-bond acceptors (Lipinski definition) is 10. The number of hydrogen-bond donors (Lipinski definition) is 1. The summed E-state index contributed by atoms with van der Waals surface area (Å²) >= 11 is 2.90. The Kier molecular flexibility index (Phi) is 5.96. The minimum absolute atomic E-state index is 0.427. The van der Waals surface area contributed by atoms with Gasteiger partial charge >= 0.3 is 0 Å². The van der Waals surface area contributed by atoms with Crippen LogP contribution < -0.4 is 0 Å². The van der Waals surface area contributed by atoms with E-state index < -0.39 is 0 Å². The van der Waals surface area contributed by atoms with E-state index in [4.69, 9.17) is 28.2 Å². The first-order chi connectivity index (χ1) is 22.3. The zero-order chi connectivity index (χ0) is 29.7. The molecule has 0 unspecified atom stereocenters. The number of thiazole rings is 1. The topological polar surface area (TPSA) is 119 Å². The summed E-state index contributed by atoms with van der Waals surface area (Å²) in [7, 11) is 0. The van der Waals surface area contributed by atoms with Crippen LogP contribution in [0.3, 0.4) is 0 Å². The number of nitrogens with one attached hydrogen (secondary N) is 1. The lowest BCUT2D eigenvalue weighted by Gasteiger charge is -2.20. The molecule has 2 aromatic carbocycles. The minimum Gasteiger partial charge on any atom is -0.445 e. The summed E-state index contributed by atoms with van der Waals surface area (Å²) in [6.45, 7) is 0. The smallest absolute Gasteiger partial charge is 0.227 e. The number of H-pyrrole nitrogens is 1. The van der Waals surface area contributed by atoms with Crippen LogP contribution in [0.15, 0.2) is 118 Å². The monoisotopic (exact) mass is 621 g/mol.